The topological polar surface area (TPSA) is 12.5 Å². The van der Waals surface area contributed by atoms with Gasteiger partial charge in [0.1, 0.15) is 11.5 Å². The van der Waals surface area contributed by atoms with Gasteiger partial charge in [0.05, 0.1) is 6.54 Å². The summed E-state index contributed by atoms with van der Waals surface area (Å²) in [5.41, 5.74) is 2.46. The van der Waals surface area contributed by atoms with Crippen molar-refractivity contribution in [3.05, 3.63) is 59.7 Å². The molecule has 1 aliphatic rings. The highest BCUT2D eigenvalue weighted by Crippen LogP contribution is 2.43. The van der Waals surface area contributed by atoms with Crippen LogP contribution in [0.25, 0.3) is 0 Å². The van der Waals surface area contributed by atoms with E-state index in [4.69, 9.17) is 11.2 Å². The van der Waals surface area contributed by atoms with Gasteiger partial charge in [-0.05, 0) is 19.2 Å². The standard InChI is InChI=1S/C18H17NO/c1-3-12-19(2)13-16-14-8-4-6-10-17(14)20-18-11-7-5-9-15(16)18/h1,4-11,16H,12-13H2,2H3. The van der Waals surface area contributed by atoms with Gasteiger partial charge in [-0.3, -0.25) is 4.90 Å². The monoisotopic (exact) mass is 263 g/mol. The first-order chi connectivity index (χ1) is 9.79. The Morgan fingerprint density at radius 3 is 2.15 bits per heavy atom. The molecule has 20 heavy (non-hydrogen) atoms. The zero-order valence-corrected chi connectivity index (χ0v) is 11.5. The van der Waals surface area contributed by atoms with Gasteiger partial charge in [-0.15, -0.1) is 6.42 Å². The first kappa shape index (κ1) is 12.8. The lowest BCUT2D eigenvalue weighted by molar-refractivity contribution is 0.345. The Morgan fingerprint density at radius 1 is 1.05 bits per heavy atom. The molecule has 0 atom stereocenters. The summed E-state index contributed by atoms with van der Waals surface area (Å²) >= 11 is 0. The van der Waals surface area contributed by atoms with Crippen molar-refractivity contribution in [3.8, 4) is 23.8 Å². The number of rotatable bonds is 3. The summed E-state index contributed by atoms with van der Waals surface area (Å²) in [5, 5.41) is 0. The zero-order valence-electron chi connectivity index (χ0n) is 11.5. The fourth-order valence-corrected chi connectivity index (χ4v) is 2.74. The van der Waals surface area contributed by atoms with Crippen LogP contribution in [0.1, 0.15) is 17.0 Å². The maximum Gasteiger partial charge on any atom is 0.131 e. The number of hydrogen-bond donors (Lipinski definition) is 0. The number of fused-ring (bicyclic) bond motifs is 2. The van der Waals surface area contributed by atoms with Crippen LogP contribution >= 0.6 is 0 Å². The van der Waals surface area contributed by atoms with Crippen LogP contribution in [0.4, 0.5) is 0 Å². The second kappa shape index (κ2) is 5.40. The summed E-state index contributed by atoms with van der Waals surface area (Å²) in [7, 11) is 2.06. The fraction of sp³-hybridized carbons (Fsp3) is 0.222. The Kier molecular flexibility index (Phi) is 3.45. The van der Waals surface area contributed by atoms with Crippen molar-refractivity contribution in [2.75, 3.05) is 20.1 Å². The SMILES string of the molecule is C#CCN(C)CC1c2ccccc2Oc2ccccc21. The van der Waals surface area contributed by atoms with E-state index in [9.17, 15) is 0 Å². The number of benzene rings is 2. The Hall–Kier alpha value is -2.24. The average Bonchev–Trinajstić information content (AvgIpc) is 2.47. The Labute approximate surface area is 120 Å². The van der Waals surface area contributed by atoms with E-state index < -0.39 is 0 Å². The maximum atomic E-state index is 5.99. The number of terminal acetylenes is 1. The Bertz CT molecular complexity index is 611. The van der Waals surface area contributed by atoms with Crippen LogP contribution in [0, 0.1) is 12.3 Å². The van der Waals surface area contributed by atoms with Crippen molar-refractivity contribution < 1.29 is 4.74 Å². The first-order valence-corrected chi connectivity index (χ1v) is 6.77. The minimum absolute atomic E-state index is 0.300. The molecule has 2 heteroatoms. The number of ether oxygens (including phenoxy) is 1. The van der Waals surface area contributed by atoms with Crippen molar-refractivity contribution in [3.63, 3.8) is 0 Å². The Balaban J connectivity index is 2.01. The third-order valence-corrected chi connectivity index (χ3v) is 3.66. The van der Waals surface area contributed by atoms with E-state index in [2.05, 4.69) is 42.1 Å². The molecular formula is C18H17NO. The molecule has 0 spiro atoms. The number of para-hydroxylation sites is 2. The van der Waals surface area contributed by atoms with Crippen LogP contribution in [0.2, 0.25) is 0 Å². The molecule has 0 saturated heterocycles. The summed E-state index contributed by atoms with van der Waals surface area (Å²) in [6, 6.07) is 16.5. The van der Waals surface area contributed by atoms with E-state index in [1.165, 1.54) is 11.1 Å². The molecule has 0 amide bonds. The number of likely N-dealkylation sites (N-methyl/N-ethyl adjacent to an activating group) is 1. The molecule has 2 aromatic rings. The van der Waals surface area contributed by atoms with Crippen LogP contribution in [0.5, 0.6) is 11.5 Å². The van der Waals surface area contributed by atoms with Crippen molar-refractivity contribution in [2.24, 2.45) is 0 Å². The van der Waals surface area contributed by atoms with Crippen LogP contribution in [-0.2, 0) is 0 Å². The minimum Gasteiger partial charge on any atom is -0.457 e. The molecule has 3 rings (SSSR count). The molecular weight excluding hydrogens is 246 g/mol. The van der Waals surface area contributed by atoms with Crippen LogP contribution in [0.15, 0.2) is 48.5 Å². The molecule has 0 aromatic heterocycles. The van der Waals surface area contributed by atoms with E-state index in [0.717, 1.165) is 18.0 Å². The molecule has 2 aromatic carbocycles. The van der Waals surface area contributed by atoms with Gasteiger partial charge in [-0.25, -0.2) is 0 Å². The molecule has 0 N–H and O–H groups in total. The third kappa shape index (κ3) is 2.29. The first-order valence-electron chi connectivity index (χ1n) is 6.77. The van der Waals surface area contributed by atoms with Crippen molar-refractivity contribution >= 4 is 0 Å². The highest BCUT2D eigenvalue weighted by Gasteiger charge is 2.27. The lowest BCUT2D eigenvalue weighted by Crippen LogP contribution is -2.27. The largest absolute Gasteiger partial charge is 0.457 e. The van der Waals surface area contributed by atoms with Gasteiger partial charge < -0.3 is 4.74 Å². The predicted octanol–water partition coefficient (Wildman–Crippen LogP) is 3.49. The molecule has 0 saturated carbocycles. The smallest absolute Gasteiger partial charge is 0.131 e. The lowest BCUT2D eigenvalue weighted by Gasteiger charge is -2.30. The van der Waals surface area contributed by atoms with Gasteiger partial charge in [0, 0.05) is 23.6 Å². The van der Waals surface area contributed by atoms with Gasteiger partial charge in [0.25, 0.3) is 0 Å². The van der Waals surface area contributed by atoms with Gasteiger partial charge in [0.15, 0.2) is 0 Å². The highest BCUT2D eigenvalue weighted by molar-refractivity contribution is 5.53. The van der Waals surface area contributed by atoms with Crippen molar-refractivity contribution in [1.82, 2.24) is 4.90 Å². The quantitative estimate of drug-likeness (QED) is 0.786. The third-order valence-electron chi connectivity index (χ3n) is 3.66. The van der Waals surface area contributed by atoms with Crippen molar-refractivity contribution in [1.29, 1.82) is 0 Å². The normalized spacial score (nSPS) is 13.2. The predicted molar refractivity (Wildman–Crippen MR) is 81.1 cm³/mol. The average molecular weight is 263 g/mol. The summed E-state index contributed by atoms with van der Waals surface area (Å²) < 4.78 is 5.99. The van der Waals surface area contributed by atoms with E-state index in [1.807, 2.05) is 24.3 Å². The van der Waals surface area contributed by atoms with Crippen molar-refractivity contribution in [2.45, 2.75) is 5.92 Å². The molecule has 0 unspecified atom stereocenters. The van der Waals surface area contributed by atoms with Crippen LogP contribution in [0.3, 0.4) is 0 Å². The molecule has 0 bridgehead atoms. The van der Waals surface area contributed by atoms with Crippen LogP contribution < -0.4 is 4.74 Å². The number of nitrogens with zero attached hydrogens (tertiary/aromatic N) is 1. The maximum absolute atomic E-state index is 5.99. The van der Waals surface area contributed by atoms with E-state index >= 15 is 0 Å². The second-order valence-corrected chi connectivity index (χ2v) is 5.13. The molecule has 2 nitrogen and oxygen atoms in total. The Morgan fingerprint density at radius 2 is 1.60 bits per heavy atom. The summed E-state index contributed by atoms with van der Waals surface area (Å²) in [4.78, 5) is 2.17. The van der Waals surface area contributed by atoms with E-state index in [0.29, 0.717) is 12.5 Å². The molecule has 100 valence electrons. The van der Waals surface area contributed by atoms with Gasteiger partial charge in [-0.1, -0.05) is 42.3 Å². The molecule has 0 radical (unpaired) electrons. The lowest BCUT2D eigenvalue weighted by atomic mass is 9.87. The highest BCUT2D eigenvalue weighted by atomic mass is 16.5. The summed E-state index contributed by atoms with van der Waals surface area (Å²) in [5.74, 6) is 4.90. The fourth-order valence-electron chi connectivity index (χ4n) is 2.74. The minimum atomic E-state index is 0.300. The molecule has 1 aliphatic heterocycles. The molecule has 0 aliphatic carbocycles. The summed E-state index contributed by atoms with van der Waals surface area (Å²) in [6.45, 7) is 1.54. The molecule has 0 fully saturated rings. The van der Waals surface area contributed by atoms with E-state index in [1.54, 1.807) is 0 Å². The summed E-state index contributed by atoms with van der Waals surface area (Å²) in [6.07, 6.45) is 5.41. The molecule has 1 heterocycles. The van der Waals surface area contributed by atoms with Crippen LogP contribution in [-0.4, -0.2) is 25.0 Å². The van der Waals surface area contributed by atoms with Gasteiger partial charge in [-0.2, -0.15) is 0 Å². The second-order valence-electron chi connectivity index (χ2n) is 5.13. The van der Waals surface area contributed by atoms with Gasteiger partial charge in [0.2, 0.25) is 0 Å². The zero-order chi connectivity index (χ0) is 13.9. The number of hydrogen-bond acceptors (Lipinski definition) is 2. The van der Waals surface area contributed by atoms with E-state index in [-0.39, 0.29) is 0 Å². The van der Waals surface area contributed by atoms with Gasteiger partial charge >= 0.3 is 0 Å².